The summed E-state index contributed by atoms with van der Waals surface area (Å²) < 4.78 is 15.2. The van der Waals surface area contributed by atoms with Crippen LogP contribution in [-0.2, 0) is 6.42 Å². The molecule has 0 amide bonds. The van der Waals surface area contributed by atoms with Crippen LogP contribution in [0.1, 0.15) is 50.3 Å². The van der Waals surface area contributed by atoms with Crippen LogP contribution < -0.4 is 4.90 Å². The standard InChI is InChI=1S/C22H26FN7/c1-14(2)10-15-11-17(23)20(21-26-28-29-27-21)19(12-15)30-8-5-22(6-9-30)13-16(22)18-4-3-7-24-25-18/h3-4,7,11-12,14,16H,5-6,8-10,13H2,1-2H3,(H,26,27,28,29)/t16-/m0/s1. The van der Waals surface area contributed by atoms with Gasteiger partial charge in [-0.15, -0.1) is 10.2 Å². The number of halogens is 1. The number of rotatable bonds is 5. The van der Waals surface area contributed by atoms with Gasteiger partial charge in [-0.2, -0.15) is 15.4 Å². The maximum absolute atomic E-state index is 15.2. The summed E-state index contributed by atoms with van der Waals surface area (Å²) in [4.78, 5) is 2.29. The number of benzene rings is 1. The van der Waals surface area contributed by atoms with Crippen molar-refractivity contribution >= 4 is 5.69 Å². The lowest BCUT2D eigenvalue weighted by molar-refractivity contribution is 0.369. The van der Waals surface area contributed by atoms with Crippen LogP contribution in [0.5, 0.6) is 0 Å². The van der Waals surface area contributed by atoms with Crippen molar-refractivity contribution in [1.29, 1.82) is 0 Å². The molecule has 1 spiro atoms. The van der Waals surface area contributed by atoms with E-state index in [0.717, 1.165) is 49.3 Å². The molecule has 0 bridgehead atoms. The summed E-state index contributed by atoms with van der Waals surface area (Å²) in [6, 6.07) is 7.77. The minimum absolute atomic E-state index is 0.284. The predicted molar refractivity (Wildman–Crippen MR) is 111 cm³/mol. The van der Waals surface area contributed by atoms with Crippen LogP contribution in [0.25, 0.3) is 11.4 Å². The van der Waals surface area contributed by atoms with Gasteiger partial charge in [-0.3, -0.25) is 0 Å². The SMILES string of the molecule is CC(C)Cc1cc(F)c(-c2nn[nH]n2)c(N2CCC3(CC2)C[C@H]3c2cccnn2)c1. The second-order valence-electron chi connectivity index (χ2n) is 9.06. The fraction of sp³-hybridized carbons (Fsp3) is 0.500. The molecule has 1 saturated carbocycles. The van der Waals surface area contributed by atoms with Crippen LogP contribution in [0.15, 0.2) is 30.5 Å². The van der Waals surface area contributed by atoms with Gasteiger partial charge < -0.3 is 4.90 Å². The Balaban J connectivity index is 1.41. The molecule has 156 valence electrons. The fourth-order valence-electron chi connectivity index (χ4n) is 4.99. The highest BCUT2D eigenvalue weighted by atomic mass is 19.1. The maximum atomic E-state index is 15.2. The number of piperidine rings is 1. The Morgan fingerprint density at radius 1 is 1.23 bits per heavy atom. The largest absolute Gasteiger partial charge is 0.371 e. The Hall–Kier alpha value is -2.90. The van der Waals surface area contributed by atoms with Gasteiger partial charge in [0.2, 0.25) is 5.82 Å². The second kappa shape index (κ2) is 7.41. The van der Waals surface area contributed by atoms with Crippen LogP contribution in [0.2, 0.25) is 0 Å². The van der Waals surface area contributed by atoms with Gasteiger partial charge in [-0.1, -0.05) is 13.8 Å². The molecule has 30 heavy (non-hydrogen) atoms. The summed E-state index contributed by atoms with van der Waals surface area (Å²) in [5, 5.41) is 22.6. The lowest BCUT2D eigenvalue weighted by Gasteiger charge is -2.35. The van der Waals surface area contributed by atoms with E-state index < -0.39 is 0 Å². The number of nitrogens with one attached hydrogen (secondary N) is 1. The van der Waals surface area contributed by atoms with Crippen molar-refractivity contribution in [2.45, 2.75) is 45.4 Å². The number of nitrogens with zero attached hydrogens (tertiary/aromatic N) is 6. The number of hydrogen-bond acceptors (Lipinski definition) is 6. The van der Waals surface area contributed by atoms with E-state index in [1.165, 1.54) is 6.42 Å². The number of tetrazole rings is 1. The average Bonchev–Trinajstić information content (AvgIpc) is 3.16. The average molecular weight is 407 g/mol. The molecule has 2 aromatic heterocycles. The summed E-state index contributed by atoms with van der Waals surface area (Å²) in [5.74, 6) is 0.975. The molecule has 2 aliphatic rings. The molecule has 1 saturated heterocycles. The van der Waals surface area contributed by atoms with Crippen molar-refractivity contribution in [1.82, 2.24) is 30.8 Å². The smallest absolute Gasteiger partial charge is 0.209 e. The number of anilines is 1. The van der Waals surface area contributed by atoms with Crippen LogP contribution in [0.3, 0.4) is 0 Å². The quantitative estimate of drug-likeness (QED) is 0.693. The van der Waals surface area contributed by atoms with Crippen LogP contribution in [0.4, 0.5) is 10.1 Å². The van der Waals surface area contributed by atoms with E-state index in [-0.39, 0.29) is 5.82 Å². The van der Waals surface area contributed by atoms with Crippen LogP contribution >= 0.6 is 0 Å². The van der Waals surface area contributed by atoms with Crippen molar-refractivity contribution < 1.29 is 4.39 Å². The molecule has 8 heteroatoms. The van der Waals surface area contributed by atoms with Crippen molar-refractivity contribution in [2.75, 3.05) is 18.0 Å². The van der Waals surface area contributed by atoms with Crippen LogP contribution in [-0.4, -0.2) is 43.9 Å². The summed E-state index contributed by atoms with van der Waals surface area (Å²) >= 11 is 0. The van der Waals surface area contributed by atoms with Gasteiger partial charge in [0.25, 0.3) is 0 Å². The predicted octanol–water partition coefficient (Wildman–Crippen LogP) is 3.77. The number of hydrogen-bond donors (Lipinski definition) is 1. The first-order valence-corrected chi connectivity index (χ1v) is 10.6. The lowest BCUT2D eigenvalue weighted by atomic mass is 9.89. The van der Waals surface area contributed by atoms with E-state index in [1.807, 2.05) is 6.07 Å². The van der Waals surface area contributed by atoms with E-state index in [9.17, 15) is 0 Å². The lowest BCUT2D eigenvalue weighted by Crippen LogP contribution is -2.35. The molecule has 5 rings (SSSR count). The zero-order valence-electron chi connectivity index (χ0n) is 17.3. The molecule has 3 heterocycles. The van der Waals surface area contributed by atoms with E-state index in [0.29, 0.717) is 28.6 Å². The minimum atomic E-state index is -0.284. The highest BCUT2D eigenvalue weighted by Gasteiger charge is 2.56. The first-order valence-electron chi connectivity index (χ1n) is 10.6. The zero-order chi connectivity index (χ0) is 20.7. The molecule has 1 N–H and O–H groups in total. The molecule has 1 aliphatic heterocycles. The molecule has 1 aliphatic carbocycles. The highest BCUT2D eigenvalue weighted by molar-refractivity contribution is 5.76. The minimum Gasteiger partial charge on any atom is -0.371 e. The topological polar surface area (TPSA) is 83.5 Å². The first-order chi connectivity index (χ1) is 14.6. The van der Waals surface area contributed by atoms with E-state index in [4.69, 9.17) is 0 Å². The third kappa shape index (κ3) is 3.44. The molecule has 1 atom stereocenters. The molecule has 7 nitrogen and oxygen atoms in total. The first kappa shape index (κ1) is 19.1. The van der Waals surface area contributed by atoms with Gasteiger partial charge in [0.15, 0.2) is 0 Å². The molecule has 0 radical (unpaired) electrons. The zero-order valence-corrected chi connectivity index (χ0v) is 17.3. The fourth-order valence-corrected chi connectivity index (χ4v) is 4.99. The van der Waals surface area contributed by atoms with Gasteiger partial charge in [-0.05, 0) is 72.1 Å². The second-order valence-corrected chi connectivity index (χ2v) is 9.06. The molecule has 1 aromatic carbocycles. The van der Waals surface area contributed by atoms with Gasteiger partial charge in [0.1, 0.15) is 5.82 Å². The normalized spacial score (nSPS) is 20.1. The van der Waals surface area contributed by atoms with Crippen molar-refractivity contribution in [3.63, 3.8) is 0 Å². The molecule has 2 fully saturated rings. The summed E-state index contributed by atoms with van der Waals surface area (Å²) in [5.41, 5.74) is 3.73. The Morgan fingerprint density at radius 2 is 2.07 bits per heavy atom. The number of H-pyrrole nitrogens is 1. The third-order valence-electron chi connectivity index (χ3n) is 6.58. The van der Waals surface area contributed by atoms with Crippen molar-refractivity contribution in [3.8, 4) is 11.4 Å². The Kier molecular flexibility index (Phi) is 4.72. The molecular formula is C22H26FN7. The Bertz CT molecular complexity index is 1010. The number of aromatic amines is 1. The van der Waals surface area contributed by atoms with Gasteiger partial charge in [0, 0.05) is 25.2 Å². The highest BCUT2D eigenvalue weighted by Crippen LogP contribution is 2.64. The maximum Gasteiger partial charge on any atom is 0.209 e. The molecular weight excluding hydrogens is 381 g/mol. The Morgan fingerprint density at radius 3 is 2.73 bits per heavy atom. The van der Waals surface area contributed by atoms with Crippen LogP contribution in [0, 0.1) is 17.2 Å². The molecule has 3 aromatic rings. The monoisotopic (exact) mass is 407 g/mol. The Labute approximate surface area is 175 Å². The third-order valence-corrected chi connectivity index (χ3v) is 6.58. The van der Waals surface area contributed by atoms with Gasteiger partial charge in [-0.25, -0.2) is 4.39 Å². The van der Waals surface area contributed by atoms with E-state index >= 15 is 4.39 Å². The van der Waals surface area contributed by atoms with Crippen molar-refractivity contribution in [3.05, 3.63) is 47.5 Å². The summed E-state index contributed by atoms with van der Waals surface area (Å²) in [6.07, 6.45) is 5.85. The van der Waals surface area contributed by atoms with E-state index in [2.05, 4.69) is 61.7 Å². The van der Waals surface area contributed by atoms with Gasteiger partial charge >= 0.3 is 0 Å². The molecule has 0 unspecified atom stereocenters. The van der Waals surface area contributed by atoms with Gasteiger partial charge in [0.05, 0.1) is 16.9 Å². The summed E-state index contributed by atoms with van der Waals surface area (Å²) in [7, 11) is 0. The summed E-state index contributed by atoms with van der Waals surface area (Å²) in [6.45, 7) is 6.06. The number of aromatic nitrogens is 6. The van der Waals surface area contributed by atoms with Crippen molar-refractivity contribution in [2.24, 2.45) is 11.3 Å². The van der Waals surface area contributed by atoms with E-state index in [1.54, 1.807) is 12.3 Å².